The maximum atomic E-state index is 13.7. The molecule has 0 radical (unpaired) electrons. The lowest BCUT2D eigenvalue weighted by atomic mass is 9.84. The standard InChI is InChI=1S/C25H40N2O2/c1-6-7-14-19-25(5,23(29)26-24(2,3)4)27(21-17-12-9-13-18-21)22(28)20-15-10-8-11-16-20/h8,10-11,15-16,21H,6-7,9,12-14,17-19H2,1-5H3,(H,26,29). The Morgan fingerprint density at radius 3 is 2.17 bits per heavy atom. The lowest BCUT2D eigenvalue weighted by molar-refractivity contribution is -0.135. The number of nitrogens with one attached hydrogen (secondary N) is 1. The summed E-state index contributed by atoms with van der Waals surface area (Å²) in [7, 11) is 0. The molecule has 0 aliphatic heterocycles. The zero-order valence-corrected chi connectivity index (χ0v) is 19.1. The number of hydrogen-bond acceptors (Lipinski definition) is 2. The van der Waals surface area contributed by atoms with Crippen LogP contribution >= 0.6 is 0 Å². The van der Waals surface area contributed by atoms with E-state index >= 15 is 0 Å². The van der Waals surface area contributed by atoms with Gasteiger partial charge in [0, 0.05) is 17.1 Å². The highest BCUT2D eigenvalue weighted by molar-refractivity contribution is 5.99. The maximum absolute atomic E-state index is 13.7. The first-order valence-corrected chi connectivity index (χ1v) is 11.4. The molecule has 162 valence electrons. The minimum absolute atomic E-state index is 0.0134. The van der Waals surface area contributed by atoms with Gasteiger partial charge >= 0.3 is 0 Å². The Balaban J connectivity index is 2.46. The summed E-state index contributed by atoms with van der Waals surface area (Å²) in [5, 5.41) is 3.18. The summed E-state index contributed by atoms with van der Waals surface area (Å²) < 4.78 is 0. The summed E-state index contributed by atoms with van der Waals surface area (Å²) >= 11 is 0. The van der Waals surface area contributed by atoms with E-state index in [2.05, 4.69) is 12.2 Å². The van der Waals surface area contributed by atoms with Gasteiger partial charge in [-0.1, -0.05) is 63.6 Å². The van der Waals surface area contributed by atoms with Gasteiger partial charge in [-0.05, 0) is 59.1 Å². The Morgan fingerprint density at radius 2 is 1.62 bits per heavy atom. The SMILES string of the molecule is CCCCCC(C)(C(=O)NC(C)(C)C)N(C(=O)c1ccccc1)C1CCCCC1. The minimum Gasteiger partial charge on any atom is -0.349 e. The van der Waals surface area contributed by atoms with E-state index < -0.39 is 5.54 Å². The molecule has 1 fully saturated rings. The van der Waals surface area contributed by atoms with Crippen LogP contribution in [0.3, 0.4) is 0 Å². The van der Waals surface area contributed by atoms with Crippen molar-refractivity contribution in [2.75, 3.05) is 0 Å². The molecule has 0 heterocycles. The van der Waals surface area contributed by atoms with Gasteiger partial charge in [-0.15, -0.1) is 0 Å². The van der Waals surface area contributed by atoms with E-state index in [0.717, 1.165) is 44.9 Å². The molecule has 4 nitrogen and oxygen atoms in total. The molecule has 4 heteroatoms. The van der Waals surface area contributed by atoms with E-state index in [1.54, 1.807) is 0 Å². The minimum atomic E-state index is -0.850. The molecule has 29 heavy (non-hydrogen) atoms. The van der Waals surface area contributed by atoms with E-state index in [1.807, 2.05) is 62.9 Å². The maximum Gasteiger partial charge on any atom is 0.254 e. The molecule has 1 aromatic carbocycles. The van der Waals surface area contributed by atoms with Crippen molar-refractivity contribution in [1.29, 1.82) is 0 Å². The van der Waals surface area contributed by atoms with Crippen molar-refractivity contribution < 1.29 is 9.59 Å². The normalized spacial score (nSPS) is 17.4. The van der Waals surface area contributed by atoms with Crippen LogP contribution in [0, 0.1) is 0 Å². The molecule has 2 rings (SSSR count). The molecule has 1 unspecified atom stereocenters. The van der Waals surface area contributed by atoms with Crippen molar-refractivity contribution in [3.8, 4) is 0 Å². The fourth-order valence-electron chi connectivity index (χ4n) is 4.39. The largest absolute Gasteiger partial charge is 0.349 e. The number of carbonyl (C=O) groups excluding carboxylic acids is 2. The number of carbonyl (C=O) groups is 2. The fourth-order valence-corrected chi connectivity index (χ4v) is 4.39. The van der Waals surface area contributed by atoms with Gasteiger partial charge in [0.2, 0.25) is 5.91 Å². The molecular weight excluding hydrogens is 360 g/mol. The Morgan fingerprint density at radius 1 is 1.00 bits per heavy atom. The van der Waals surface area contributed by atoms with Gasteiger partial charge in [-0.2, -0.15) is 0 Å². The molecule has 1 saturated carbocycles. The van der Waals surface area contributed by atoms with Crippen LogP contribution in [0.15, 0.2) is 30.3 Å². The van der Waals surface area contributed by atoms with Gasteiger partial charge < -0.3 is 10.2 Å². The molecule has 1 aromatic rings. The van der Waals surface area contributed by atoms with E-state index in [0.29, 0.717) is 12.0 Å². The Hall–Kier alpha value is -1.84. The number of unbranched alkanes of at least 4 members (excludes halogenated alkanes) is 2. The van der Waals surface area contributed by atoms with Crippen molar-refractivity contribution in [3.05, 3.63) is 35.9 Å². The first-order chi connectivity index (χ1) is 13.7. The second kappa shape index (κ2) is 10.3. The van der Waals surface area contributed by atoms with Crippen molar-refractivity contribution in [3.63, 3.8) is 0 Å². The highest BCUT2D eigenvalue weighted by Gasteiger charge is 2.46. The van der Waals surface area contributed by atoms with Crippen LogP contribution in [0.1, 0.15) is 103 Å². The highest BCUT2D eigenvalue weighted by atomic mass is 16.2. The number of amides is 2. The highest BCUT2D eigenvalue weighted by Crippen LogP contribution is 2.34. The lowest BCUT2D eigenvalue weighted by Crippen LogP contribution is -2.64. The van der Waals surface area contributed by atoms with E-state index in [1.165, 1.54) is 6.42 Å². The second-order valence-electron chi connectivity index (χ2n) is 9.77. The zero-order valence-electron chi connectivity index (χ0n) is 19.1. The van der Waals surface area contributed by atoms with Crippen molar-refractivity contribution in [1.82, 2.24) is 10.2 Å². The van der Waals surface area contributed by atoms with Crippen LogP contribution < -0.4 is 5.32 Å². The van der Waals surface area contributed by atoms with Gasteiger partial charge in [0.05, 0.1) is 0 Å². The van der Waals surface area contributed by atoms with Crippen molar-refractivity contribution in [2.45, 2.75) is 110 Å². The average molecular weight is 401 g/mol. The Kier molecular flexibility index (Phi) is 8.30. The van der Waals surface area contributed by atoms with Gasteiger partial charge in [0.1, 0.15) is 5.54 Å². The summed E-state index contributed by atoms with van der Waals surface area (Å²) in [6.45, 7) is 10.2. The van der Waals surface area contributed by atoms with Crippen molar-refractivity contribution in [2.24, 2.45) is 0 Å². The van der Waals surface area contributed by atoms with Crippen LogP contribution in [0.25, 0.3) is 0 Å². The van der Waals surface area contributed by atoms with Crippen molar-refractivity contribution >= 4 is 11.8 Å². The van der Waals surface area contributed by atoms with E-state index in [-0.39, 0.29) is 23.4 Å². The number of rotatable bonds is 8. The third kappa shape index (κ3) is 6.32. The van der Waals surface area contributed by atoms with E-state index in [9.17, 15) is 9.59 Å². The molecule has 0 bridgehead atoms. The topological polar surface area (TPSA) is 49.4 Å². The van der Waals surface area contributed by atoms with Gasteiger partial charge in [-0.25, -0.2) is 0 Å². The van der Waals surface area contributed by atoms with Crippen LogP contribution in [-0.2, 0) is 4.79 Å². The molecule has 1 N–H and O–H groups in total. The summed E-state index contributed by atoms with van der Waals surface area (Å²) in [6, 6.07) is 9.58. The van der Waals surface area contributed by atoms with Crippen LogP contribution in [-0.4, -0.2) is 33.8 Å². The summed E-state index contributed by atoms with van der Waals surface area (Å²) in [6.07, 6.45) is 9.20. The third-order valence-electron chi connectivity index (χ3n) is 5.96. The first kappa shape index (κ1) is 23.4. The molecule has 2 amide bonds. The molecule has 1 aliphatic rings. The predicted molar refractivity (Wildman–Crippen MR) is 120 cm³/mol. The molecular formula is C25H40N2O2. The average Bonchev–Trinajstić information content (AvgIpc) is 2.68. The molecule has 1 atom stereocenters. The quantitative estimate of drug-likeness (QED) is 0.568. The van der Waals surface area contributed by atoms with Gasteiger partial charge in [-0.3, -0.25) is 9.59 Å². The number of benzene rings is 1. The Labute approximate surface area is 177 Å². The summed E-state index contributed by atoms with van der Waals surface area (Å²) in [4.78, 5) is 29.3. The third-order valence-corrected chi connectivity index (χ3v) is 5.96. The fraction of sp³-hybridized carbons (Fsp3) is 0.680. The second-order valence-corrected chi connectivity index (χ2v) is 9.77. The van der Waals surface area contributed by atoms with Gasteiger partial charge in [0.25, 0.3) is 5.91 Å². The Bertz CT molecular complexity index is 659. The summed E-state index contributed by atoms with van der Waals surface area (Å²) in [5.41, 5.74) is -0.516. The van der Waals surface area contributed by atoms with Gasteiger partial charge in [0.15, 0.2) is 0 Å². The zero-order chi connectivity index (χ0) is 21.5. The van der Waals surface area contributed by atoms with Crippen LogP contribution in [0.4, 0.5) is 0 Å². The number of hydrogen-bond donors (Lipinski definition) is 1. The predicted octanol–water partition coefficient (Wildman–Crippen LogP) is 5.72. The first-order valence-electron chi connectivity index (χ1n) is 11.4. The molecule has 0 aromatic heterocycles. The lowest BCUT2D eigenvalue weighted by Gasteiger charge is -2.47. The molecule has 0 spiro atoms. The monoisotopic (exact) mass is 400 g/mol. The van der Waals surface area contributed by atoms with Crippen LogP contribution in [0.5, 0.6) is 0 Å². The summed E-state index contributed by atoms with van der Waals surface area (Å²) in [5.74, 6) is -0.0449. The smallest absolute Gasteiger partial charge is 0.254 e. The molecule has 0 saturated heterocycles. The molecule has 1 aliphatic carbocycles. The van der Waals surface area contributed by atoms with Crippen LogP contribution in [0.2, 0.25) is 0 Å². The number of nitrogens with zero attached hydrogens (tertiary/aromatic N) is 1. The van der Waals surface area contributed by atoms with E-state index in [4.69, 9.17) is 0 Å².